The van der Waals surface area contributed by atoms with Gasteiger partial charge in [0.05, 0.1) is 11.9 Å². The van der Waals surface area contributed by atoms with Crippen molar-refractivity contribution in [2.45, 2.75) is 13.3 Å². The van der Waals surface area contributed by atoms with Crippen molar-refractivity contribution in [3.05, 3.63) is 24.0 Å². The second kappa shape index (κ2) is 5.48. The number of hydrogen-bond acceptors (Lipinski definition) is 4. The van der Waals surface area contributed by atoms with Crippen molar-refractivity contribution in [3.8, 4) is 0 Å². The molecule has 2 rings (SSSR count). The number of ketones is 1. The van der Waals surface area contributed by atoms with Crippen molar-refractivity contribution < 1.29 is 4.79 Å². The summed E-state index contributed by atoms with van der Waals surface area (Å²) < 4.78 is 0. The number of pyridine rings is 1. The number of likely N-dealkylation sites (tertiary alicyclic amines) is 1. The molecule has 0 aliphatic carbocycles. The molecule has 0 saturated carbocycles. The van der Waals surface area contributed by atoms with Crippen LogP contribution in [-0.2, 0) is 0 Å². The quantitative estimate of drug-likeness (QED) is 0.758. The van der Waals surface area contributed by atoms with Gasteiger partial charge in [0.15, 0.2) is 5.78 Å². The number of nitrogens with zero attached hydrogens (tertiary/aromatic N) is 3. The van der Waals surface area contributed by atoms with E-state index in [1.165, 1.54) is 19.5 Å². The Morgan fingerprint density at radius 2 is 2.33 bits per heavy atom. The largest absolute Gasteiger partial charge is 0.373 e. The third-order valence-electron chi connectivity index (χ3n) is 3.57. The van der Waals surface area contributed by atoms with Crippen LogP contribution in [0.15, 0.2) is 18.3 Å². The van der Waals surface area contributed by atoms with E-state index in [0.717, 1.165) is 18.2 Å². The highest BCUT2D eigenvalue weighted by Crippen LogP contribution is 2.19. The summed E-state index contributed by atoms with van der Waals surface area (Å²) in [5.41, 5.74) is 1.61. The number of aromatic nitrogens is 1. The molecule has 0 aromatic carbocycles. The van der Waals surface area contributed by atoms with Crippen molar-refractivity contribution in [3.63, 3.8) is 0 Å². The van der Waals surface area contributed by atoms with Gasteiger partial charge in [-0.2, -0.15) is 0 Å². The van der Waals surface area contributed by atoms with Gasteiger partial charge in [-0.1, -0.05) is 0 Å². The van der Waals surface area contributed by atoms with E-state index in [1.54, 1.807) is 19.2 Å². The van der Waals surface area contributed by atoms with E-state index in [0.29, 0.717) is 5.69 Å². The first-order chi connectivity index (χ1) is 8.56. The maximum atomic E-state index is 11.2. The Kier molecular flexibility index (Phi) is 3.97. The van der Waals surface area contributed by atoms with Crippen LogP contribution in [0, 0.1) is 5.92 Å². The van der Waals surface area contributed by atoms with Crippen LogP contribution in [0.3, 0.4) is 0 Å². The van der Waals surface area contributed by atoms with Crippen molar-refractivity contribution in [1.29, 1.82) is 0 Å². The Bertz CT molecular complexity index is 416. The van der Waals surface area contributed by atoms with Gasteiger partial charge in [0.25, 0.3) is 0 Å². The van der Waals surface area contributed by atoms with Crippen LogP contribution in [0.25, 0.3) is 0 Å². The zero-order valence-corrected chi connectivity index (χ0v) is 11.4. The summed E-state index contributed by atoms with van der Waals surface area (Å²) in [5.74, 6) is 0.745. The van der Waals surface area contributed by atoms with Crippen LogP contribution < -0.4 is 4.90 Å². The number of anilines is 1. The molecule has 1 aliphatic rings. The van der Waals surface area contributed by atoms with Gasteiger partial charge in [-0.15, -0.1) is 0 Å². The van der Waals surface area contributed by atoms with E-state index < -0.39 is 0 Å². The zero-order chi connectivity index (χ0) is 13.1. The lowest BCUT2D eigenvalue weighted by molar-refractivity contribution is 0.101. The minimum atomic E-state index is 0.0154. The molecule has 0 spiro atoms. The highest BCUT2D eigenvalue weighted by molar-refractivity contribution is 5.92. The number of Topliss-reactive ketones (excluding diaryl/α,β-unsaturated/α-hetero) is 1. The van der Waals surface area contributed by atoms with Crippen LogP contribution in [0.1, 0.15) is 23.8 Å². The van der Waals surface area contributed by atoms with Gasteiger partial charge in [0.1, 0.15) is 5.69 Å². The topological polar surface area (TPSA) is 36.4 Å². The van der Waals surface area contributed by atoms with Crippen LogP contribution in [-0.4, -0.2) is 49.4 Å². The van der Waals surface area contributed by atoms with Gasteiger partial charge in [-0.3, -0.25) is 9.78 Å². The normalized spacial score (nSPS) is 20.1. The average molecular weight is 247 g/mol. The second-order valence-corrected chi connectivity index (χ2v) is 5.26. The maximum absolute atomic E-state index is 11.2. The highest BCUT2D eigenvalue weighted by Gasteiger charge is 2.20. The van der Waals surface area contributed by atoms with Crippen molar-refractivity contribution >= 4 is 11.5 Å². The highest BCUT2D eigenvalue weighted by atomic mass is 16.1. The van der Waals surface area contributed by atoms with Crippen LogP contribution in [0.5, 0.6) is 0 Å². The minimum absolute atomic E-state index is 0.0154. The van der Waals surface area contributed by atoms with Gasteiger partial charge >= 0.3 is 0 Å². The summed E-state index contributed by atoms with van der Waals surface area (Å²) in [6.45, 7) is 4.95. The molecular weight excluding hydrogens is 226 g/mol. The molecule has 1 aliphatic heterocycles. The fraction of sp³-hybridized carbons (Fsp3) is 0.571. The first-order valence-electron chi connectivity index (χ1n) is 6.43. The number of carbonyl (C=O) groups is 1. The molecule has 1 saturated heterocycles. The second-order valence-electron chi connectivity index (χ2n) is 5.26. The van der Waals surface area contributed by atoms with E-state index in [-0.39, 0.29) is 5.78 Å². The summed E-state index contributed by atoms with van der Waals surface area (Å²) in [6.07, 6.45) is 3.05. The predicted molar refractivity (Wildman–Crippen MR) is 73.1 cm³/mol. The molecule has 0 N–H and O–H groups in total. The maximum Gasteiger partial charge on any atom is 0.178 e. The van der Waals surface area contributed by atoms with Gasteiger partial charge in [0.2, 0.25) is 0 Å². The standard InChI is InChI=1S/C14H21N3O/c1-11(18)14-5-4-13(8-15-14)17(3)10-12-6-7-16(2)9-12/h4-5,8,12H,6-7,9-10H2,1-3H3. The Labute approximate surface area is 109 Å². The molecule has 4 nitrogen and oxygen atoms in total. The number of hydrogen-bond donors (Lipinski definition) is 0. The average Bonchev–Trinajstić information content (AvgIpc) is 2.75. The molecule has 1 fully saturated rings. The third kappa shape index (κ3) is 3.07. The smallest absolute Gasteiger partial charge is 0.178 e. The van der Waals surface area contributed by atoms with Gasteiger partial charge < -0.3 is 9.80 Å². The molecule has 2 heterocycles. The fourth-order valence-electron chi connectivity index (χ4n) is 2.49. The Morgan fingerprint density at radius 3 is 2.83 bits per heavy atom. The monoisotopic (exact) mass is 247 g/mol. The molecule has 1 unspecified atom stereocenters. The van der Waals surface area contributed by atoms with Crippen LogP contribution >= 0.6 is 0 Å². The van der Waals surface area contributed by atoms with Crippen molar-refractivity contribution in [1.82, 2.24) is 9.88 Å². The molecule has 1 aromatic heterocycles. The molecule has 18 heavy (non-hydrogen) atoms. The Morgan fingerprint density at radius 1 is 1.56 bits per heavy atom. The van der Waals surface area contributed by atoms with Crippen LogP contribution in [0.2, 0.25) is 0 Å². The lowest BCUT2D eigenvalue weighted by Gasteiger charge is -2.22. The summed E-state index contributed by atoms with van der Waals surface area (Å²) in [6, 6.07) is 3.78. The zero-order valence-electron chi connectivity index (χ0n) is 11.4. The molecule has 0 bridgehead atoms. The summed E-state index contributed by atoms with van der Waals surface area (Å²) >= 11 is 0. The van der Waals surface area contributed by atoms with Gasteiger partial charge in [-0.05, 0) is 38.1 Å². The van der Waals surface area contributed by atoms with E-state index in [9.17, 15) is 4.79 Å². The van der Waals surface area contributed by atoms with Gasteiger partial charge in [-0.25, -0.2) is 0 Å². The van der Waals surface area contributed by atoms with Crippen LogP contribution in [0.4, 0.5) is 5.69 Å². The Balaban J connectivity index is 1.96. The minimum Gasteiger partial charge on any atom is -0.373 e. The third-order valence-corrected chi connectivity index (χ3v) is 3.57. The van der Waals surface area contributed by atoms with E-state index >= 15 is 0 Å². The molecule has 0 amide bonds. The fourth-order valence-corrected chi connectivity index (χ4v) is 2.49. The molecule has 1 atom stereocenters. The number of rotatable bonds is 4. The first kappa shape index (κ1) is 13.0. The molecular formula is C14H21N3O. The lowest BCUT2D eigenvalue weighted by Crippen LogP contribution is -2.27. The van der Waals surface area contributed by atoms with Crippen molar-refractivity contribution in [2.24, 2.45) is 5.92 Å². The summed E-state index contributed by atoms with van der Waals surface area (Å²) in [4.78, 5) is 19.9. The summed E-state index contributed by atoms with van der Waals surface area (Å²) in [5, 5.41) is 0. The molecule has 0 radical (unpaired) electrons. The predicted octanol–water partition coefficient (Wildman–Crippen LogP) is 1.67. The molecule has 4 heteroatoms. The van der Waals surface area contributed by atoms with Gasteiger partial charge in [0, 0.05) is 27.1 Å². The molecule has 1 aromatic rings. The van der Waals surface area contributed by atoms with E-state index in [1.807, 2.05) is 6.07 Å². The number of carbonyl (C=O) groups excluding carboxylic acids is 1. The summed E-state index contributed by atoms with van der Waals surface area (Å²) in [7, 11) is 4.26. The SMILES string of the molecule is CC(=O)c1ccc(N(C)CC2CCN(C)C2)cn1. The van der Waals surface area contributed by atoms with E-state index in [4.69, 9.17) is 0 Å². The lowest BCUT2D eigenvalue weighted by atomic mass is 10.1. The molecule has 98 valence electrons. The van der Waals surface area contributed by atoms with Crippen molar-refractivity contribution in [2.75, 3.05) is 38.6 Å². The Hall–Kier alpha value is -1.42. The van der Waals surface area contributed by atoms with E-state index in [2.05, 4.69) is 28.9 Å². The first-order valence-corrected chi connectivity index (χ1v) is 6.43.